The predicted molar refractivity (Wildman–Crippen MR) is 105 cm³/mol. The Kier molecular flexibility index (Phi) is 5.00. The first-order valence-electron chi connectivity index (χ1n) is 8.46. The maximum absolute atomic E-state index is 12.1. The molecule has 1 saturated heterocycles. The fourth-order valence-electron chi connectivity index (χ4n) is 2.93. The van der Waals surface area contributed by atoms with Crippen LogP contribution in [0, 0.1) is 5.41 Å². The van der Waals surface area contributed by atoms with Crippen LogP contribution in [0.2, 0.25) is 4.34 Å². The molecule has 0 spiro atoms. The molecule has 4 rings (SSSR count). The molecule has 2 N–H and O–H groups in total. The number of rotatable bonds is 5. The van der Waals surface area contributed by atoms with Gasteiger partial charge in [-0.3, -0.25) is 15.1 Å². The zero-order chi connectivity index (χ0) is 18.8. The lowest BCUT2D eigenvalue weighted by molar-refractivity contribution is 0.0755. The molecule has 1 atom stereocenters. The first-order chi connectivity index (χ1) is 13.1. The number of nitrogens with one attached hydrogen (secondary N) is 2. The van der Waals surface area contributed by atoms with Crippen molar-refractivity contribution in [1.82, 2.24) is 5.32 Å². The molecule has 1 fully saturated rings. The van der Waals surface area contributed by atoms with Crippen LogP contribution >= 0.6 is 22.9 Å². The number of hydrogen-bond acceptors (Lipinski definition) is 6. The molecule has 0 radical (unpaired) electrons. The Balaban J connectivity index is 1.31. The fourth-order valence-corrected chi connectivity index (χ4v) is 3.89. The summed E-state index contributed by atoms with van der Waals surface area (Å²) < 4.78 is 5.75. The molecule has 1 amide bonds. The molecule has 27 heavy (non-hydrogen) atoms. The van der Waals surface area contributed by atoms with Crippen molar-refractivity contribution >= 4 is 46.3 Å². The number of halogens is 1. The van der Waals surface area contributed by atoms with Crippen LogP contribution in [-0.4, -0.2) is 43.4 Å². The summed E-state index contributed by atoms with van der Waals surface area (Å²) in [6.07, 6.45) is 0.423. The van der Waals surface area contributed by atoms with Crippen molar-refractivity contribution in [3.8, 4) is 0 Å². The van der Waals surface area contributed by atoms with Crippen LogP contribution in [0.25, 0.3) is 0 Å². The van der Waals surface area contributed by atoms with Crippen molar-refractivity contribution in [1.29, 1.82) is 5.41 Å². The van der Waals surface area contributed by atoms with Gasteiger partial charge in [-0.05, 0) is 29.8 Å². The topological polar surface area (TPSA) is 87.0 Å². The van der Waals surface area contributed by atoms with Crippen LogP contribution < -0.4 is 10.2 Å². The molecule has 0 bridgehead atoms. The summed E-state index contributed by atoms with van der Waals surface area (Å²) in [4.78, 5) is 19.9. The summed E-state index contributed by atoms with van der Waals surface area (Å²) in [6.45, 7) is 1.59. The summed E-state index contributed by atoms with van der Waals surface area (Å²) in [6, 6.07) is 11.4. The summed E-state index contributed by atoms with van der Waals surface area (Å²) in [5.41, 5.74) is 2.72. The highest BCUT2D eigenvalue weighted by Crippen LogP contribution is 2.23. The monoisotopic (exact) mass is 404 g/mol. The quantitative estimate of drug-likeness (QED) is 0.801. The van der Waals surface area contributed by atoms with E-state index in [4.69, 9.17) is 26.6 Å². The molecule has 1 unspecified atom stereocenters. The Labute approximate surface area is 165 Å². The summed E-state index contributed by atoms with van der Waals surface area (Å²) in [5, 5.41) is 14.8. The Hall–Kier alpha value is -2.58. The largest absolute Gasteiger partial charge is 0.463 e. The second-order valence-corrected chi connectivity index (χ2v) is 7.85. The number of amidine groups is 1. The Morgan fingerprint density at radius 1 is 1.33 bits per heavy atom. The van der Waals surface area contributed by atoms with Crippen molar-refractivity contribution in [3.63, 3.8) is 0 Å². The van der Waals surface area contributed by atoms with E-state index in [-0.39, 0.29) is 18.0 Å². The first-order valence-corrected chi connectivity index (χ1v) is 9.65. The standard InChI is InChI=1S/C18H17ClN4O3S/c19-16-6-5-15(27-16)17(24)21-10-13-9-14(22-26-13)11-1-3-12(4-2-11)23-7-8-25-18(23)20/h1-6,13,20H,7-10H2,(H,21,24). The van der Waals surface area contributed by atoms with Gasteiger partial charge in [-0.25, -0.2) is 0 Å². The lowest BCUT2D eigenvalue weighted by Crippen LogP contribution is -2.31. The van der Waals surface area contributed by atoms with Gasteiger partial charge in [0, 0.05) is 12.1 Å². The number of benzene rings is 1. The number of nitrogens with zero attached hydrogens (tertiary/aromatic N) is 2. The van der Waals surface area contributed by atoms with Gasteiger partial charge >= 0.3 is 0 Å². The van der Waals surface area contributed by atoms with Crippen LogP contribution in [-0.2, 0) is 9.57 Å². The van der Waals surface area contributed by atoms with E-state index >= 15 is 0 Å². The Morgan fingerprint density at radius 3 is 2.81 bits per heavy atom. The lowest BCUT2D eigenvalue weighted by atomic mass is 10.0. The van der Waals surface area contributed by atoms with Crippen LogP contribution in [0.15, 0.2) is 41.6 Å². The van der Waals surface area contributed by atoms with Gasteiger partial charge in [0.2, 0.25) is 0 Å². The number of oxime groups is 1. The van der Waals surface area contributed by atoms with E-state index in [2.05, 4.69) is 10.5 Å². The minimum Gasteiger partial charge on any atom is -0.463 e. The number of carbonyl (C=O) groups is 1. The van der Waals surface area contributed by atoms with Crippen molar-refractivity contribution < 1.29 is 14.4 Å². The summed E-state index contributed by atoms with van der Waals surface area (Å²) in [5.74, 6) is -0.163. The van der Waals surface area contributed by atoms with Gasteiger partial charge in [0.05, 0.1) is 28.0 Å². The molecule has 2 aliphatic heterocycles. The number of thiophene rings is 1. The zero-order valence-corrected chi connectivity index (χ0v) is 15.8. The van der Waals surface area contributed by atoms with Crippen molar-refractivity contribution in [3.05, 3.63) is 51.2 Å². The van der Waals surface area contributed by atoms with Gasteiger partial charge < -0.3 is 14.9 Å². The molecular formula is C18H17ClN4O3S. The molecule has 9 heteroatoms. The molecule has 1 aromatic heterocycles. The van der Waals surface area contributed by atoms with Crippen molar-refractivity contribution in [2.24, 2.45) is 5.16 Å². The number of anilines is 1. The van der Waals surface area contributed by atoms with E-state index in [1.807, 2.05) is 29.2 Å². The Bertz CT molecular complexity index is 896. The second-order valence-electron chi connectivity index (χ2n) is 6.14. The highest BCUT2D eigenvalue weighted by molar-refractivity contribution is 7.17. The molecule has 2 aromatic rings. The van der Waals surface area contributed by atoms with E-state index in [9.17, 15) is 4.79 Å². The number of ether oxygens (including phenoxy) is 1. The average molecular weight is 405 g/mol. The Morgan fingerprint density at radius 2 is 2.15 bits per heavy atom. The van der Waals surface area contributed by atoms with Crippen LogP contribution in [0.1, 0.15) is 21.7 Å². The van der Waals surface area contributed by atoms with E-state index in [1.54, 1.807) is 12.1 Å². The molecule has 0 saturated carbocycles. The first kappa shape index (κ1) is 17.8. The van der Waals surface area contributed by atoms with Gasteiger partial charge in [0.15, 0.2) is 0 Å². The maximum Gasteiger partial charge on any atom is 0.289 e. The third-order valence-corrected chi connectivity index (χ3v) is 5.56. The van der Waals surface area contributed by atoms with E-state index in [1.165, 1.54) is 11.3 Å². The van der Waals surface area contributed by atoms with Gasteiger partial charge in [-0.15, -0.1) is 11.3 Å². The normalized spacial score (nSPS) is 18.9. The SMILES string of the molecule is N=C1OCCN1c1ccc(C2=NOC(CNC(=O)c3ccc(Cl)s3)C2)cc1. The average Bonchev–Trinajstić information content (AvgIpc) is 3.41. The van der Waals surface area contributed by atoms with Crippen LogP contribution in [0.5, 0.6) is 0 Å². The number of hydrogen-bond donors (Lipinski definition) is 2. The van der Waals surface area contributed by atoms with E-state index < -0.39 is 0 Å². The molecule has 0 aliphatic carbocycles. The van der Waals surface area contributed by atoms with Crippen LogP contribution in [0.3, 0.4) is 0 Å². The minimum absolute atomic E-state index is 0.163. The highest BCUT2D eigenvalue weighted by Gasteiger charge is 2.24. The third kappa shape index (κ3) is 3.91. The molecule has 1 aromatic carbocycles. The second kappa shape index (κ2) is 7.58. The van der Waals surface area contributed by atoms with Gasteiger partial charge in [-0.1, -0.05) is 28.9 Å². The molecule has 3 heterocycles. The molecular weight excluding hydrogens is 388 g/mol. The molecule has 140 valence electrons. The van der Waals surface area contributed by atoms with Gasteiger partial charge in [-0.2, -0.15) is 0 Å². The summed E-state index contributed by atoms with van der Waals surface area (Å²) in [7, 11) is 0. The molecule has 7 nitrogen and oxygen atoms in total. The third-order valence-electron chi connectivity index (χ3n) is 4.33. The zero-order valence-electron chi connectivity index (χ0n) is 14.3. The highest BCUT2D eigenvalue weighted by atomic mass is 35.5. The van der Waals surface area contributed by atoms with Gasteiger partial charge in [0.1, 0.15) is 12.7 Å². The van der Waals surface area contributed by atoms with Crippen molar-refractivity contribution in [2.45, 2.75) is 12.5 Å². The predicted octanol–water partition coefficient (Wildman–Crippen LogP) is 3.10. The van der Waals surface area contributed by atoms with E-state index in [0.29, 0.717) is 35.3 Å². The lowest BCUT2D eigenvalue weighted by Gasteiger charge is -2.15. The summed E-state index contributed by atoms with van der Waals surface area (Å²) >= 11 is 7.10. The van der Waals surface area contributed by atoms with Gasteiger partial charge in [0.25, 0.3) is 11.9 Å². The number of carbonyl (C=O) groups excluding carboxylic acids is 1. The van der Waals surface area contributed by atoms with Crippen LogP contribution in [0.4, 0.5) is 5.69 Å². The maximum atomic E-state index is 12.1. The fraction of sp³-hybridized carbons (Fsp3) is 0.278. The smallest absolute Gasteiger partial charge is 0.289 e. The van der Waals surface area contributed by atoms with E-state index in [0.717, 1.165) is 17.0 Å². The molecule has 2 aliphatic rings. The number of amides is 1. The van der Waals surface area contributed by atoms with Crippen molar-refractivity contribution in [2.75, 3.05) is 24.6 Å². The minimum atomic E-state index is -0.195.